The second-order valence-corrected chi connectivity index (χ2v) is 7.21. The van der Waals surface area contributed by atoms with Gasteiger partial charge in [0, 0.05) is 24.6 Å². The molecule has 0 saturated carbocycles. The maximum atomic E-state index is 11.2. The molecule has 0 aromatic carbocycles. The Hall–Kier alpha value is -0.780. The lowest BCUT2D eigenvalue weighted by Gasteiger charge is -2.09. The van der Waals surface area contributed by atoms with Gasteiger partial charge in [-0.15, -0.1) is 0 Å². The van der Waals surface area contributed by atoms with Crippen molar-refractivity contribution in [1.29, 1.82) is 0 Å². The van der Waals surface area contributed by atoms with Crippen LogP contribution in [-0.2, 0) is 9.84 Å². The lowest BCUT2D eigenvalue weighted by atomic mass is 10.1. The summed E-state index contributed by atoms with van der Waals surface area (Å²) in [4.78, 5) is 11.2. The van der Waals surface area contributed by atoms with Crippen molar-refractivity contribution < 1.29 is 13.2 Å². The number of hydrogen-bond acceptors (Lipinski definition) is 3. The second-order valence-electron chi connectivity index (χ2n) is 4.95. The first kappa shape index (κ1) is 17.2. The van der Waals surface area contributed by atoms with Crippen molar-refractivity contribution in [1.82, 2.24) is 10.6 Å². The van der Waals surface area contributed by atoms with Gasteiger partial charge >= 0.3 is 6.03 Å². The molecule has 0 spiro atoms. The first-order chi connectivity index (χ1) is 8.31. The molecule has 0 heterocycles. The number of nitrogens with one attached hydrogen (secondary N) is 2. The molecule has 5 nitrogen and oxygen atoms in total. The average molecular weight is 278 g/mol. The van der Waals surface area contributed by atoms with Crippen LogP contribution in [0.4, 0.5) is 4.79 Å². The van der Waals surface area contributed by atoms with Gasteiger partial charge in [-0.25, -0.2) is 13.2 Å². The van der Waals surface area contributed by atoms with Crippen LogP contribution < -0.4 is 10.6 Å². The van der Waals surface area contributed by atoms with Gasteiger partial charge in [-0.2, -0.15) is 0 Å². The van der Waals surface area contributed by atoms with E-state index < -0.39 is 9.84 Å². The van der Waals surface area contributed by atoms with Crippen LogP contribution in [0.1, 0.15) is 46.0 Å². The Morgan fingerprint density at radius 2 is 1.61 bits per heavy atom. The minimum atomic E-state index is -2.81. The molecule has 6 heteroatoms. The Morgan fingerprint density at radius 3 is 2.17 bits per heavy atom. The van der Waals surface area contributed by atoms with Gasteiger partial charge in [-0.05, 0) is 26.7 Å². The van der Waals surface area contributed by atoms with Crippen molar-refractivity contribution in [3.8, 4) is 0 Å². The van der Waals surface area contributed by atoms with Crippen LogP contribution in [0.15, 0.2) is 0 Å². The summed E-state index contributed by atoms with van der Waals surface area (Å²) in [5.41, 5.74) is 0. The predicted octanol–water partition coefficient (Wildman–Crippen LogP) is 1.69. The third-order valence-electron chi connectivity index (χ3n) is 2.40. The summed E-state index contributed by atoms with van der Waals surface area (Å²) in [5.74, 6) is 0.280. The van der Waals surface area contributed by atoms with Gasteiger partial charge in [0.05, 0.1) is 0 Å². The molecular weight excluding hydrogens is 252 g/mol. The third kappa shape index (κ3) is 13.3. The maximum Gasteiger partial charge on any atom is 0.314 e. The quantitative estimate of drug-likeness (QED) is 0.630. The highest BCUT2D eigenvalue weighted by atomic mass is 32.2. The highest BCUT2D eigenvalue weighted by Gasteiger charge is 2.02. The number of hydrogen-bond donors (Lipinski definition) is 2. The van der Waals surface area contributed by atoms with Crippen molar-refractivity contribution in [2.24, 2.45) is 0 Å². The van der Waals surface area contributed by atoms with Crippen LogP contribution in [0.5, 0.6) is 0 Å². The second kappa shape index (κ2) is 9.19. The largest absolute Gasteiger partial charge is 0.338 e. The zero-order valence-electron chi connectivity index (χ0n) is 11.7. The van der Waals surface area contributed by atoms with Gasteiger partial charge in [0.1, 0.15) is 9.84 Å². The summed E-state index contributed by atoms with van der Waals surface area (Å²) < 4.78 is 21.7. The fraction of sp³-hybridized carbons (Fsp3) is 0.917. The summed E-state index contributed by atoms with van der Waals surface area (Å²) >= 11 is 0. The molecule has 0 unspecified atom stereocenters. The summed E-state index contributed by atoms with van der Waals surface area (Å²) in [5, 5.41) is 5.54. The Balaban J connectivity index is 3.29. The van der Waals surface area contributed by atoms with Gasteiger partial charge < -0.3 is 10.6 Å². The van der Waals surface area contributed by atoms with Crippen molar-refractivity contribution in [3.63, 3.8) is 0 Å². The van der Waals surface area contributed by atoms with Crippen LogP contribution in [0.2, 0.25) is 0 Å². The molecule has 0 saturated heterocycles. The van der Waals surface area contributed by atoms with Gasteiger partial charge in [0.25, 0.3) is 0 Å². The van der Waals surface area contributed by atoms with E-state index in [1.807, 2.05) is 13.8 Å². The molecule has 0 bridgehead atoms. The molecule has 0 aliphatic heterocycles. The Labute approximate surface area is 111 Å². The van der Waals surface area contributed by atoms with Crippen molar-refractivity contribution >= 4 is 15.9 Å². The van der Waals surface area contributed by atoms with Gasteiger partial charge in [-0.1, -0.05) is 19.3 Å². The first-order valence-electron chi connectivity index (χ1n) is 6.53. The summed E-state index contributed by atoms with van der Waals surface area (Å²) in [6.45, 7) is 4.51. The van der Waals surface area contributed by atoms with E-state index in [9.17, 15) is 13.2 Å². The number of carbonyl (C=O) groups excluding carboxylic acids is 1. The molecule has 18 heavy (non-hydrogen) atoms. The summed E-state index contributed by atoms with van der Waals surface area (Å²) in [7, 11) is -2.81. The highest BCUT2D eigenvalue weighted by Crippen LogP contribution is 2.03. The number of rotatable bonds is 9. The average Bonchev–Trinajstić information content (AvgIpc) is 2.19. The molecule has 0 aliphatic rings. The van der Waals surface area contributed by atoms with Crippen LogP contribution in [0.25, 0.3) is 0 Å². The van der Waals surface area contributed by atoms with Crippen molar-refractivity contribution in [2.75, 3.05) is 18.6 Å². The smallest absolute Gasteiger partial charge is 0.314 e. The minimum Gasteiger partial charge on any atom is -0.338 e. The number of sulfone groups is 1. The van der Waals surface area contributed by atoms with Crippen molar-refractivity contribution in [2.45, 2.75) is 52.0 Å². The molecule has 2 N–H and O–H groups in total. The topological polar surface area (TPSA) is 75.3 Å². The zero-order chi connectivity index (χ0) is 14.0. The lowest BCUT2D eigenvalue weighted by molar-refractivity contribution is 0.238. The molecule has 2 amide bonds. The van der Waals surface area contributed by atoms with Crippen LogP contribution >= 0.6 is 0 Å². The maximum absolute atomic E-state index is 11.2. The standard InChI is InChI=1S/C12H26N2O3S/c1-11(2)14-12(15)13-9-7-5-4-6-8-10-18(3,16)17/h11H,4-10H2,1-3H3,(H2,13,14,15). The van der Waals surface area contributed by atoms with Crippen LogP contribution in [-0.4, -0.2) is 39.0 Å². The monoisotopic (exact) mass is 278 g/mol. The van der Waals surface area contributed by atoms with Gasteiger partial charge in [-0.3, -0.25) is 0 Å². The van der Waals surface area contributed by atoms with Crippen LogP contribution in [0.3, 0.4) is 0 Å². The lowest BCUT2D eigenvalue weighted by Crippen LogP contribution is -2.39. The number of amides is 2. The molecule has 108 valence electrons. The fourth-order valence-corrected chi connectivity index (χ4v) is 2.26. The summed E-state index contributed by atoms with van der Waals surface area (Å²) in [6, 6.07) is 0.0306. The molecule has 0 aliphatic carbocycles. The molecule has 0 atom stereocenters. The van der Waals surface area contributed by atoms with E-state index in [1.54, 1.807) is 0 Å². The third-order valence-corrected chi connectivity index (χ3v) is 3.43. The van der Waals surface area contributed by atoms with E-state index in [1.165, 1.54) is 6.26 Å². The first-order valence-corrected chi connectivity index (χ1v) is 8.59. The Morgan fingerprint density at radius 1 is 1.06 bits per heavy atom. The van der Waals surface area contributed by atoms with E-state index in [2.05, 4.69) is 10.6 Å². The number of unbranched alkanes of at least 4 members (excludes halogenated alkanes) is 4. The summed E-state index contributed by atoms with van der Waals surface area (Å²) in [6.07, 6.45) is 5.91. The number of urea groups is 1. The van der Waals surface area contributed by atoms with E-state index in [4.69, 9.17) is 0 Å². The Bertz CT molecular complexity index is 326. The highest BCUT2D eigenvalue weighted by molar-refractivity contribution is 7.90. The Kier molecular flexibility index (Phi) is 8.79. The van der Waals surface area contributed by atoms with E-state index in [0.29, 0.717) is 6.54 Å². The molecular formula is C12H26N2O3S. The molecule has 0 aromatic heterocycles. The molecule has 0 rings (SSSR count). The van der Waals surface area contributed by atoms with E-state index >= 15 is 0 Å². The number of carbonyl (C=O) groups is 1. The zero-order valence-corrected chi connectivity index (χ0v) is 12.5. The predicted molar refractivity (Wildman–Crippen MR) is 74.5 cm³/mol. The minimum absolute atomic E-state index is 0.123. The van der Waals surface area contributed by atoms with Crippen LogP contribution in [0, 0.1) is 0 Å². The van der Waals surface area contributed by atoms with E-state index in [0.717, 1.165) is 32.1 Å². The SMILES string of the molecule is CC(C)NC(=O)NCCCCCCCS(C)(=O)=O. The fourth-order valence-electron chi connectivity index (χ4n) is 1.53. The van der Waals surface area contributed by atoms with Crippen molar-refractivity contribution in [3.05, 3.63) is 0 Å². The normalized spacial score (nSPS) is 11.6. The van der Waals surface area contributed by atoms with E-state index in [-0.39, 0.29) is 17.8 Å². The molecule has 0 fully saturated rings. The van der Waals surface area contributed by atoms with Gasteiger partial charge in [0.15, 0.2) is 0 Å². The van der Waals surface area contributed by atoms with Gasteiger partial charge in [0.2, 0.25) is 0 Å². The molecule has 0 radical (unpaired) electrons. The molecule has 0 aromatic rings.